The molecule has 0 saturated heterocycles. The van der Waals surface area contributed by atoms with E-state index in [1.165, 1.54) is 23.5 Å². The first-order chi connectivity index (χ1) is 16.1. The molecule has 0 radical (unpaired) electrons. The molecule has 0 saturated carbocycles. The first-order valence-corrected chi connectivity index (χ1v) is 11.8. The van der Waals surface area contributed by atoms with E-state index in [1.54, 1.807) is 29.6 Å². The monoisotopic (exact) mass is 493 g/mol. The molecular weight excluding hydrogens is 466 g/mol. The molecule has 182 valence electrons. The van der Waals surface area contributed by atoms with Crippen molar-refractivity contribution in [2.24, 2.45) is 5.92 Å². The number of aromatic nitrogens is 1. The van der Waals surface area contributed by atoms with Gasteiger partial charge in [-0.1, -0.05) is 50.2 Å². The van der Waals surface area contributed by atoms with Gasteiger partial charge in [0.2, 0.25) is 0 Å². The quantitative estimate of drug-likeness (QED) is 0.338. The summed E-state index contributed by atoms with van der Waals surface area (Å²) in [6.07, 6.45) is -3.59. The normalized spacial score (nSPS) is 11.9. The van der Waals surface area contributed by atoms with Crippen LogP contribution in [0.4, 0.5) is 17.6 Å². The van der Waals surface area contributed by atoms with Crippen molar-refractivity contribution in [3.63, 3.8) is 0 Å². The van der Waals surface area contributed by atoms with Gasteiger partial charge in [0.15, 0.2) is 0 Å². The Hall–Kier alpha value is -2.78. The van der Waals surface area contributed by atoms with Gasteiger partial charge >= 0.3 is 6.18 Å². The van der Waals surface area contributed by atoms with Crippen LogP contribution in [-0.2, 0) is 25.8 Å². The standard InChI is InChI=1S/C25H27F4N3OS/c1-17(2)10-11-30-24(33)22-16-34-23(31-22)15-32(14-19-7-3-4-9-21(19)26)13-18-6-5-8-20(12-18)25(27,28)29/h3-9,12,16-17H,10-11,13-15H2,1-2H3,(H,30,33). The first-order valence-electron chi connectivity index (χ1n) is 11.0. The van der Waals surface area contributed by atoms with Gasteiger partial charge < -0.3 is 5.32 Å². The molecule has 0 spiro atoms. The number of benzene rings is 2. The minimum Gasteiger partial charge on any atom is -0.351 e. The van der Waals surface area contributed by atoms with Crippen LogP contribution in [0.15, 0.2) is 53.9 Å². The van der Waals surface area contributed by atoms with Crippen LogP contribution in [0.25, 0.3) is 0 Å². The molecule has 1 heterocycles. The second-order valence-corrected chi connectivity index (χ2v) is 9.44. The Bertz CT molecular complexity index is 1100. The number of carbonyl (C=O) groups excluding carboxylic acids is 1. The smallest absolute Gasteiger partial charge is 0.351 e. The van der Waals surface area contributed by atoms with Gasteiger partial charge in [0.1, 0.15) is 16.5 Å². The summed E-state index contributed by atoms with van der Waals surface area (Å²) in [4.78, 5) is 18.6. The molecule has 3 rings (SSSR count). The molecule has 4 nitrogen and oxygen atoms in total. The molecule has 34 heavy (non-hydrogen) atoms. The summed E-state index contributed by atoms with van der Waals surface area (Å²) in [6.45, 7) is 5.29. The van der Waals surface area contributed by atoms with E-state index in [2.05, 4.69) is 24.1 Å². The Labute approximate surface area is 200 Å². The first kappa shape index (κ1) is 25.8. The van der Waals surface area contributed by atoms with E-state index in [0.717, 1.165) is 18.6 Å². The Balaban J connectivity index is 1.76. The van der Waals surface area contributed by atoms with E-state index in [4.69, 9.17) is 0 Å². The third-order valence-corrected chi connectivity index (χ3v) is 6.00. The molecule has 9 heteroatoms. The van der Waals surface area contributed by atoms with Crippen molar-refractivity contribution >= 4 is 17.2 Å². The fourth-order valence-corrected chi connectivity index (χ4v) is 4.20. The van der Waals surface area contributed by atoms with Gasteiger partial charge in [0.05, 0.1) is 12.1 Å². The fraction of sp³-hybridized carbons (Fsp3) is 0.360. The van der Waals surface area contributed by atoms with Crippen LogP contribution < -0.4 is 5.32 Å². The minimum absolute atomic E-state index is 0.160. The van der Waals surface area contributed by atoms with E-state index in [1.807, 2.05) is 4.90 Å². The van der Waals surface area contributed by atoms with Crippen molar-refractivity contribution in [3.05, 3.63) is 87.1 Å². The summed E-state index contributed by atoms with van der Waals surface area (Å²) in [6, 6.07) is 11.4. The van der Waals surface area contributed by atoms with E-state index >= 15 is 0 Å². The van der Waals surface area contributed by atoms with Gasteiger partial charge in [0.25, 0.3) is 5.91 Å². The highest BCUT2D eigenvalue weighted by atomic mass is 32.1. The van der Waals surface area contributed by atoms with Crippen LogP contribution >= 0.6 is 11.3 Å². The van der Waals surface area contributed by atoms with Crippen LogP contribution in [0.2, 0.25) is 0 Å². The van der Waals surface area contributed by atoms with Crippen molar-refractivity contribution in [2.75, 3.05) is 6.54 Å². The van der Waals surface area contributed by atoms with Crippen LogP contribution in [0.1, 0.15) is 52.5 Å². The van der Waals surface area contributed by atoms with Gasteiger partial charge in [-0.15, -0.1) is 11.3 Å². The molecule has 1 amide bonds. The number of rotatable bonds is 10. The zero-order valence-electron chi connectivity index (χ0n) is 19.0. The lowest BCUT2D eigenvalue weighted by atomic mass is 10.1. The zero-order chi connectivity index (χ0) is 24.7. The summed E-state index contributed by atoms with van der Waals surface area (Å²) in [5.74, 6) is -0.184. The molecule has 1 aromatic heterocycles. The lowest BCUT2D eigenvalue weighted by molar-refractivity contribution is -0.137. The fourth-order valence-electron chi connectivity index (χ4n) is 3.38. The molecule has 0 atom stereocenters. The number of alkyl halides is 3. The highest BCUT2D eigenvalue weighted by molar-refractivity contribution is 7.09. The number of halogens is 4. The molecule has 2 aromatic carbocycles. The Morgan fingerprint density at radius 1 is 1.09 bits per heavy atom. The summed E-state index contributed by atoms with van der Waals surface area (Å²) < 4.78 is 53.8. The maximum Gasteiger partial charge on any atom is 0.416 e. The SMILES string of the molecule is CC(C)CCNC(=O)c1csc(CN(Cc2cccc(C(F)(F)F)c2)Cc2ccccc2F)n1. The Kier molecular flexibility index (Phi) is 8.79. The number of amides is 1. The van der Waals surface area contributed by atoms with E-state index in [0.29, 0.717) is 34.3 Å². The average Bonchev–Trinajstić information content (AvgIpc) is 3.23. The van der Waals surface area contributed by atoms with Crippen molar-refractivity contribution in [2.45, 2.75) is 46.1 Å². The van der Waals surface area contributed by atoms with E-state index < -0.39 is 11.7 Å². The third-order valence-electron chi connectivity index (χ3n) is 5.16. The van der Waals surface area contributed by atoms with Crippen LogP contribution in [0.5, 0.6) is 0 Å². The summed E-state index contributed by atoms with van der Waals surface area (Å²) in [7, 11) is 0. The number of nitrogens with one attached hydrogen (secondary N) is 1. The average molecular weight is 494 g/mol. The molecule has 0 aliphatic carbocycles. The van der Waals surface area contributed by atoms with Crippen molar-refractivity contribution in [1.82, 2.24) is 15.2 Å². The van der Waals surface area contributed by atoms with Gasteiger partial charge in [-0.25, -0.2) is 9.37 Å². The lowest BCUT2D eigenvalue weighted by Gasteiger charge is -2.22. The summed E-state index contributed by atoms with van der Waals surface area (Å²) in [5, 5.41) is 5.12. The predicted octanol–water partition coefficient (Wildman–Crippen LogP) is 6.28. The van der Waals surface area contributed by atoms with Gasteiger partial charge in [0, 0.05) is 30.6 Å². The van der Waals surface area contributed by atoms with Gasteiger partial charge in [-0.3, -0.25) is 9.69 Å². The Morgan fingerprint density at radius 3 is 2.56 bits per heavy atom. The highest BCUT2D eigenvalue weighted by Gasteiger charge is 2.30. The molecule has 0 aliphatic rings. The van der Waals surface area contributed by atoms with Gasteiger partial charge in [-0.05, 0) is 30.0 Å². The molecule has 0 fully saturated rings. The molecule has 0 aliphatic heterocycles. The van der Waals surface area contributed by atoms with E-state index in [9.17, 15) is 22.4 Å². The number of hydrogen-bond acceptors (Lipinski definition) is 4. The van der Waals surface area contributed by atoms with Crippen LogP contribution in [0, 0.1) is 11.7 Å². The zero-order valence-corrected chi connectivity index (χ0v) is 19.8. The van der Waals surface area contributed by atoms with Crippen LogP contribution in [0.3, 0.4) is 0 Å². The second kappa shape index (κ2) is 11.6. The largest absolute Gasteiger partial charge is 0.416 e. The van der Waals surface area contributed by atoms with E-state index in [-0.39, 0.29) is 31.4 Å². The lowest BCUT2D eigenvalue weighted by Crippen LogP contribution is -2.26. The number of nitrogens with zero attached hydrogens (tertiary/aromatic N) is 2. The third kappa shape index (κ3) is 7.63. The molecular formula is C25H27F4N3OS. The Morgan fingerprint density at radius 2 is 1.85 bits per heavy atom. The summed E-state index contributed by atoms with van der Waals surface area (Å²) >= 11 is 1.29. The summed E-state index contributed by atoms with van der Waals surface area (Å²) in [5.41, 5.74) is 0.450. The predicted molar refractivity (Wildman–Crippen MR) is 125 cm³/mol. The number of carbonyl (C=O) groups is 1. The maximum absolute atomic E-state index is 14.3. The topological polar surface area (TPSA) is 45.2 Å². The molecule has 1 N–H and O–H groups in total. The highest BCUT2D eigenvalue weighted by Crippen LogP contribution is 2.30. The molecule has 0 unspecified atom stereocenters. The molecule has 3 aromatic rings. The number of hydrogen-bond donors (Lipinski definition) is 1. The number of thiazole rings is 1. The van der Waals surface area contributed by atoms with Crippen molar-refractivity contribution < 1.29 is 22.4 Å². The van der Waals surface area contributed by atoms with Crippen molar-refractivity contribution in [1.29, 1.82) is 0 Å². The second-order valence-electron chi connectivity index (χ2n) is 8.50. The van der Waals surface area contributed by atoms with Gasteiger partial charge in [-0.2, -0.15) is 13.2 Å². The van der Waals surface area contributed by atoms with Crippen LogP contribution in [-0.4, -0.2) is 22.3 Å². The van der Waals surface area contributed by atoms with Crippen molar-refractivity contribution in [3.8, 4) is 0 Å². The molecule has 0 bridgehead atoms. The minimum atomic E-state index is -4.44. The maximum atomic E-state index is 14.3.